The molecule has 0 aromatic carbocycles. The van der Waals surface area contributed by atoms with Crippen molar-refractivity contribution in [2.45, 2.75) is 64.0 Å². The third kappa shape index (κ3) is 5.37. The number of nitrogens with two attached hydrogens (primary N) is 1. The number of hydrogen-bond acceptors (Lipinski definition) is 3. The Morgan fingerprint density at radius 3 is 2.95 bits per heavy atom. The average Bonchev–Trinajstić information content (AvgIpc) is 3.19. The normalized spacial score (nSPS) is 22.6. The Bertz CT molecular complexity index is 328. The Balaban J connectivity index is 2.01. The molecule has 0 aliphatic heterocycles. The van der Waals surface area contributed by atoms with Crippen LogP contribution in [0.2, 0.25) is 0 Å². The highest BCUT2D eigenvalue weighted by atomic mass is 16.5. The van der Waals surface area contributed by atoms with Gasteiger partial charge in [0, 0.05) is 25.0 Å². The molecule has 1 fully saturated rings. The molecule has 0 amide bonds. The molecule has 0 bridgehead atoms. The quantitative estimate of drug-likeness (QED) is 0.775. The van der Waals surface area contributed by atoms with Crippen LogP contribution in [0.25, 0.3) is 0 Å². The van der Waals surface area contributed by atoms with E-state index in [1.165, 1.54) is 44.1 Å². The van der Waals surface area contributed by atoms with Crippen molar-refractivity contribution in [3.8, 4) is 0 Å². The van der Waals surface area contributed by atoms with E-state index >= 15 is 0 Å². The largest absolute Gasteiger partial charge is 0.497 e. The van der Waals surface area contributed by atoms with Crippen LogP contribution in [0.4, 0.5) is 0 Å². The fourth-order valence-electron chi connectivity index (χ4n) is 2.51. The maximum atomic E-state index is 5.79. The second-order valence-corrected chi connectivity index (χ2v) is 5.71. The van der Waals surface area contributed by atoms with E-state index in [1.54, 1.807) is 0 Å². The van der Waals surface area contributed by atoms with Gasteiger partial charge in [0.15, 0.2) is 0 Å². The predicted octanol–water partition coefficient (Wildman–Crippen LogP) is 2.88. The molecule has 3 heteroatoms. The van der Waals surface area contributed by atoms with Crippen LogP contribution in [0.1, 0.15) is 51.9 Å². The highest BCUT2D eigenvalue weighted by Gasteiger charge is 2.23. The van der Waals surface area contributed by atoms with Gasteiger partial charge in [-0.3, -0.25) is 0 Å². The zero-order chi connectivity index (χ0) is 13.5. The zero-order valence-electron chi connectivity index (χ0n) is 12.2. The summed E-state index contributed by atoms with van der Waals surface area (Å²) in [6.45, 7) is 3.48. The third-order valence-electron chi connectivity index (χ3n) is 3.80. The number of ether oxygens (including phenoxy) is 1. The van der Waals surface area contributed by atoms with Gasteiger partial charge >= 0.3 is 0 Å². The Morgan fingerprint density at radius 1 is 1.37 bits per heavy atom. The van der Waals surface area contributed by atoms with E-state index in [4.69, 9.17) is 10.5 Å². The van der Waals surface area contributed by atoms with Gasteiger partial charge in [-0.1, -0.05) is 12.5 Å². The van der Waals surface area contributed by atoms with E-state index in [1.807, 2.05) is 0 Å². The van der Waals surface area contributed by atoms with Gasteiger partial charge in [0.1, 0.15) is 0 Å². The number of nitrogens with one attached hydrogen (secondary N) is 1. The lowest BCUT2D eigenvalue weighted by Gasteiger charge is -2.17. The third-order valence-corrected chi connectivity index (χ3v) is 3.80. The molecule has 2 rings (SSSR count). The van der Waals surface area contributed by atoms with Crippen LogP contribution in [-0.2, 0) is 4.74 Å². The summed E-state index contributed by atoms with van der Waals surface area (Å²) in [6, 6.07) is 1.17. The molecule has 1 unspecified atom stereocenters. The summed E-state index contributed by atoms with van der Waals surface area (Å²) >= 11 is 0. The maximum Gasteiger partial charge on any atom is 0.0999 e. The molecule has 1 atom stereocenters. The molecule has 0 radical (unpaired) electrons. The van der Waals surface area contributed by atoms with E-state index in [9.17, 15) is 0 Å². The summed E-state index contributed by atoms with van der Waals surface area (Å²) in [5.74, 6) is 1.11. The fourth-order valence-corrected chi connectivity index (χ4v) is 2.51. The van der Waals surface area contributed by atoms with Crippen molar-refractivity contribution in [3.05, 3.63) is 23.5 Å². The molecule has 19 heavy (non-hydrogen) atoms. The summed E-state index contributed by atoms with van der Waals surface area (Å²) in [7, 11) is 0. The van der Waals surface area contributed by atoms with Crippen LogP contribution in [-0.4, -0.2) is 25.2 Å². The molecule has 2 aliphatic carbocycles. The van der Waals surface area contributed by atoms with Crippen molar-refractivity contribution in [3.63, 3.8) is 0 Å². The Labute approximate surface area is 117 Å². The topological polar surface area (TPSA) is 47.3 Å². The van der Waals surface area contributed by atoms with Crippen LogP contribution in [0.3, 0.4) is 0 Å². The summed E-state index contributed by atoms with van der Waals surface area (Å²) < 4.78 is 5.79. The number of allylic oxidation sites excluding steroid dienone is 2. The minimum atomic E-state index is 0.432. The lowest BCUT2D eigenvalue weighted by atomic mass is 10.1. The van der Waals surface area contributed by atoms with E-state index in [0.29, 0.717) is 19.2 Å². The predicted molar refractivity (Wildman–Crippen MR) is 79.9 cm³/mol. The summed E-state index contributed by atoms with van der Waals surface area (Å²) in [4.78, 5) is 0. The lowest BCUT2D eigenvalue weighted by molar-refractivity contribution is 0.208. The first-order chi connectivity index (χ1) is 9.29. The van der Waals surface area contributed by atoms with E-state index < -0.39 is 0 Å². The molecular formula is C16H28N2O. The Kier molecular flexibility index (Phi) is 5.93. The van der Waals surface area contributed by atoms with E-state index in [0.717, 1.165) is 18.2 Å². The molecule has 0 aromatic rings. The van der Waals surface area contributed by atoms with Gasteiger partial charge in [-0.2, -0.15) is 0 Å². The van der Waals surface area contributed by atoms with Crippen molar-refractivity contribution < 1.29 is 4.74 Å². The van der Waals surface area contributed by atoms with E-state index in [-0.39, 0.29) is 0 Å². The molecule has 0 saturated heterocycles. The monoisotopic (exact) mass is 264 g/mol. The van der Waals surface area contributed by atoms with Gasteiger partial charge < -0.3 is 15.8 Å². The minimum Gasteiger partial charge on any atom is -0.497 e. The first-order valence-corrected chi connectivity index (χ1v) is 7.79. The molecule has 0 spiro atoms. The second kappa shape index (κ2) is 7.71. The molecule has 3 nitrogen and oxygen atoms in total. The molecule has 3 N–H and O–H groups in total. The smallest absolute Gasteiger partial charge is 0.0999 e. The average molecular weight is 264 g/mol. The Morgan fingerprint density at radius 2 is 2.21 bits per heavy atom. The van der Waals surface area contributed by atoms with Gasteiger partial charge in [0.25, 0.3) is 0 Å². The standard InChI is InChI=1S/C16H28N2O/c1-13(18-15-8-9-15)14-6-4-2-3-5-7-16(12-14)19-11-10-17/h6,12-13,15,18H,2-5,7-11,17H2,1H3. The van der Waals surface area contributed by atoms with Crippen molar-refractivity contribution in [1.29, 1.82) is 0 Å². The Hall–Kier alpha value is -0.800. The summed E-state index contributed by atoms with van der Waals surface area (Å²) in [6.07, 6.45) is 13.3. The van der Waals surface area contributed by atoms with Crippen LogP contribution in [0.5, 0.6) is 0 Å². The molecule has 0 heterocycles. The summed E-state index contributed by atoms with van der Waals surface area (Å²) in [5, 5.41) is 3.68. The van der Waals surface area contributed by atoms with Gasteiger partial charge in [-0.25, -0.2) is 0 Å². The van der Waals surface area contributed by atoms with Crippen molar-refractivity contribution in [2.24, 2.45) is 5.73 Å². The van der Waals surface area contributed by atoms with Crippen molar-refractivity contribution in [2.75, 3.05) is 13.2 Å². The fraction of sp³-hybridized carbons (Fsp3) is 0.750. The highest BCUT2D eigenvalue weighted by molar-refractivity contribution is 5.27. The molecule has 2 aliphatic rings. The van der Waals surface area contributed by atoms with Gasteiger partial charge in [-0.05, 0) is 50.7 Å². The van der Waals surface area contributed by atoms with Gasteiger partial charge in [0.2, 0.25) is 0 Å². The second-order valence-electron chi connectivity index (χ2n) is 5.71. The van der Waals surface area contributed by atoms with Crippen molar-refractivity contribution >= 4 is 0 Å². The van der Waals surface area contributed by atoms with Gasteiger partial charge in [-0.15, -0.1) is 0 Å². The zero-order valence-corrected chi connectivity index (χ0v) is 12.2. The van der Waals surface area contributed by atoms with Crippen LogP contribution in [0, 0.1) is 0 Å². The minimum absolute atomic E-state index is 0.432. The molecular weight excluding hydrogens is 236 g/mol. The molecule has 1 saturated carbocycles. The van der Waals surface area contributed by atoms with Crippen molar-refractivity contribution in [1.82, 2.24) is 5.32 Å². The lowest BCUT2D eigenvalue weighted by Crippen LogP contribution is -2.29. The number of rotatable bonds is 6. The summed E-state index contributed by atoms with van der Waals surface area (Å²) in [5.41, 5.74) is 6.93. The molecule has 0 aromatic heterocycles. The SMILES string of the molecule is CC(NC1CC1)C1=CCCCCCC(OCCN)=C1. The van der Waals surface area contributed by atoms with Crippen LogP contribution in [0.15, 0.2) is 23.5 Å². The first-order valence-electron chi connectivity index (χ1n) is 7.79. The van der Waals surface area contributed by atoms with E-state index in [2.05, 4.69) is 24.4 Å². The van der Waals surface area contributed by atoms with Gasteiger partial charge in [0.05, 0.1) is 12.4 Å². The molecule has 108 valence electrons. The van der Waals surface area contributed by atoms with Crippen LogP contribution >= 0.6 is 0 Å². The maximum absolute atomic E-state index is 5.79. The number of hydrogen-bond donors (Lipinski definition) is 2. The first kappa shape index (κ1) is 14.6. The highest BCUT2D eigenvalue weighted by Crippen LogP contribution is 2.23. The van der Waals surface area contributed by atoms with Crippen LogP contribution < -0.4 is 11.1 Å².